The Labute approximate surface area is 108 Å². The molecule has 1 aliphatic carbocycles. The molecule has 0 amide bonds. The molecule has 3 rings (SSSR count). The fourth-order valence-corrected chi connectivity index (χ4v) is 1.87. The minimum atomic E-state index is -1.48. The van der Waals surface area contributed by atoms with Gasteiger partial charge in [0.1, 0.15) is 11.5 Å². The topological polar surface area (TPSA) is 25.2 Å². The van der Waals surface area contributed by atoms with Crippen molar-refractivity contribution in [2.24, 2.45) is 0 Å². The number of hydrogen-bond donors (Lipinski definition) is 1. The van der Waals surface area contributed by atoms with E-state index in [2.05, 4.69) is 5.32 Å². The predicted molar refractivity (Wildman–Crippen MR) is 63.9 cm³/mol. The fraction of sp³-hybridized carbons (Fsp3) is 0.286. The Morgan fingerprint density at radius 2 is 1.84 bits per heavy atom. The van der Waals surface area contributed by atoms with Crippen LogP contribution in [0.5, 0.6) is 0 Å². The molecule has 0 spiro atoms. The first-order chi connectivity index (χ1) is 9.15. The van der Waals surface area contributed by atoms with E-state index in [0.717, 1.165) is 18.9 Å². The van der Waals surface area contributed by atoms with Crippen LogP contribution in [0.4, 0.5) is 13.2 Å². The molecule has 2 aromatic rings. The highest BCUT2D eigenvalue weighted by atomic mass is 19.2. The molecule has 1 aliphatic rings. The van der Waals surface area contributed by atoms with Crippen LogP contribution in [0.1, 0.15) is 18.6 Å². The zero-order chi connectivity index (χ0) is 13.4. The van der Waals surface area contributed by atoms with Crippen molar-refractivity contribution in [3.63, 3.8) is 0 Å². The molecule has 5 heteroatoms. The van der Waals surface area contributed by atoms with E-state index >= 15 is 0 Å². The van der Waals surface area contributed by atoms with Gasteiger partial charge in [-0.25, -0.2) is 13.2 Å². The number of hydrogen-bond acceptors (Lipinski definition) is 2. The van der Waals surface area contributed by atoms with E-state index in [-0.39, 0.29) is 11.3 Å². The second-order valence-electron chi connectivity index (χ2n) is 4.64. The number of furan rings is 1. The van der Waals surface area contributed by atoms with Crippen molar-refractivity contribution < 1.29 is 17.6 Å². The van der Waals surface area contributed by atoms with E-state index in [4.69, 9.17) is 4.42 Å². The lowest BCUT2D eigenvalue weighted by Gasteiger charge is -2.02. The molecule has 1 aromatic carbocycles. The summed E-state index contributed by atoms with van der Waals surface area (Å²) in [6.07, 6.45) is 2.32. The summed E-state index contributed by atoms with van der Waals surface area (Å²) in [6.45, 7) is 0.552. The van der Waals surface area contributed by atoms with Crippen LogP contribution in [0.15, 0.2) is 28.7 Å². The Balaban J connectivity index is 1.83. The Kier molecular flexibility index (Phi) is 3.06. The molecule has 0 aliphatic heterocycles. The first-order valence-electron chi connectivity index (χ1n) is 6.11. The van der Waals surface area contributed by atoms with Crippen molar-refractivity contribution in [3.05, 3.63) is 47.5 Å². The number of nitrogens with one attached hydrogen (secondary N) is 1. The molecular formula is C14H12F3NO. The van der Waals surface area contributed by atoms with Crippen LogP contribution < -0.4 is 5.32 Å². The van der Waals surface area contributed by atoms with Gasteiger partial charge in [0.2, 0.25) is 0 Å². The Morgan fingerprint density at radius 3 is 2.58 bits per heavy atom. The molecule has 1 aromatic heterocycles. The van der Waals surface area contributed by atoms with Gasteiger partial charge in [0, 0.05) is 6.04 Å². The van der Waals surface area contributed by atoms with E-state index in [1.54, 1.807) is 12.1 Å². The zero-order valence-corrected chi connectivity index (χ0v) is 10.1. The maximum absolute atomic E-state index is 13.6. The molecule has 100 valence electrons. The summed E-state index contributed by atoms with van der Waals surface area (Å²) in [7, 11) is 0. The van der Waals surface area contributed by atoms with E-state index in [1.165, 1.54) is 6.07 Å². The smallest absolute Gasteiger partial charge is 0.195 e. The van der Waals surface area contributed by atoms with Gasteiger partial charge >= 0.3 is 0 Å². The molecule has 1 saturated carbocycles. The first kappa shape index (κ1) is 12.3. The summed E-state index contributed by atoms with van der Waals surface area (Å²) < 4.78 is 45.0. The van der Waals surface area contributed by atoms with Crippen LogP contribution >= 0.6 is 0 Å². The monoisotopic (exact) mass is 267 g/mol. The van der Waals surface area contributed by atoms with Gasteiger partial charge < -0.3 is 9.73 Å². The standard InChI is InChI=1S/C14H12F3NO/c15-11-5-4-10(13(16)14(11)17)12-6-3-9(19-12)7-18-8-1-2-8/h3-6,8,18H,1-2,7H2. The van der Waals surface area contributed by atoms with Crippen molar-refractivity contribution >= 4 is 0 Å². The molecule has 19 heavy (non-hydrogen) atoms. The minimum absolute atomic E-state index is 0.0726. The molecule has 0 saturated heterocycles. The normalized spacial score (nSPS) is 14.9. The van der Waals surface area contributed by atoms with Gasteiger partial charge in [-0.1, -0.05) is 0 Å². The quantitative estimate of drug-likeness (QED) is 0.856. The lowest BCUT2D eigenvalue weighted by atomic mass is 10.1. The Bertz CT molecular complexity index is 605. The van der Waals surface area contributed by atoms with E-state index in [0.29, 0.717) is 18.3 Å². The van der Waals surface area contributed by atoms with Crippen LogP contribution in [0.3, 0.4) is 0 Å². The molecule has 0 bridgehead atoms. The maximum Gasteiger partial charge on any atom is 0.195 e. The van der Waals surface area contributed by atoms with Gasteiger partial charge in [-0.2, -0.15) is 0 Å². The highest BCUT2D eigenvalue weighted by molar-refractivity contribution is 5.58. The Morgan fingerprint density at radius 1 is 1.05 bits per heavy atom. The third-order valence-corrected chi connectivity index (χ3v) is 3.10. The van der Waals surface area contributed by atoms with Crippen molar-refractivity contribution in [2.45, 2.75) is 25.4 Å². The molecule has 1 heterocycles. The molecule has 2 nitrogen and oxygen atoms in total. The molecule has 0 unspecified atom stereocenters. The van der Waals surface area contributed by atoms with Crippen LogP contribution in [0.2, 0.25) is 0 Å². The van der Waals surface area contributed by atoms with Crippen LogP contribution in [0.25, 0.3) is 11.3 Å². The Hall–Kier alpha value is -1.75. The molecule has 1 fully saturated rings. The molecule has 0 radical (unpaired) electrons. The zero-order valence-electron chi connectivity index (χ0n) is 10.1. The SMILES string of the molecule is Fc1ccc(-c2ccc(CNC3CC3)o2)c(F)c1F. The summed E-state index contributed by atoms with van der Waals surface area (Å²) >= 11 is 0. The van der Waals surface area contributed by atoms with Gasteiger partial charge in [-0.05, 0) is 37.1 Å². The van der Waals surface area contributed by atoms with Gasteiger partial charge in [-0.15, -0.1) is 0 Å². The number of halogens is 3. The van der Waals surface area contributed by atoms with Crippen molar-refractivity contribution in [3.8, 4) is 11.3 Å². The maximum atomic E-state index is 13.6. The van der Waals surface area contributed by atoms with E-state index < -0.39 is 17.5 Å². The second kappa shape index (κ2) is 4.74. The lowest BCUT2D eigenvalue weighted by Crippen LogP contribution is -2.14. The largest absolute Gasteiger partial charge is 0.460 e. The predicted octanol–water partition coefficient (Wildman–Crippen LogP) is 3.62. The minimum Gasteiger partial charge on any atom is -0.460 e. The second-order valence-corrected chi connectivity index (χ2v) is 4.64. The van der Waals surface area contributed by atoms with Gasteiger partial charge in [0.15, 0.2) is 17.5 Å². The first-order valence-corrected chi connectivity index (χ1v) is 6.11. The van der Waals surface area contributed by atoms with Crippen LogP contribution in [0, 0.1) is 17.5 Å². The number of benzene rings is 1. The van der Waals surface area contributed by atoms with E-state index in [1.807, 2.05) is 0 Å². The summed E-state index contributed by atoms with van der Waals surface area (Å²) in [5, 5.41) is 3.25. The highest BCUT2D eigenvalue weighted by Crippen LogP contribution is 2.28. The fourth-order valence-electron chi connectivity index (χ4n) is 1.87. The van der Waals surface area contributed by atoms with Gasteiger partial charge in [0.05, 0.1) is 12.1 Å². The van der Waals surface area contributed by atoms with Gasteiger partial charge in [0.25, 0.3) is 0 Å². The molecule has 0 atom stereocenters. The third-order valence-electron chi connectivity index (χ3n) is 3.10. The van der Waals surface area contributed by atoms with Gasteiger partial charge in [-0.3, -0.25) is 0 Å². The van der Waals surface area contributed by atoms with Crippen molar-refractivity contribution in [1.29, 1.82) is 0 Å². The van der Waals surface area contributed by atoms with Crippen molar-refractivity contribution in [1.82, 2.24) is 5.32 Å². The molecule has 1 N–H and O–H groups in total. The lowest BCUT2D eigenvalue weighted by molar-refractivity contribution is 0.443. The summed E-state index contributed by atoms with van der Waals surface area (Å²) in [5.41, 5.74) is -0.0726. The van der Waals surface area contributed by atoms with E-state index in [9.17, 15) is 13.2 Å². The summed E-state index contributed by atoms with van der Waals surface area (Å²) in [6, 6.07) is 5.85. The van der Waals surface area contributed by atoms with Crippen LogP contribution in [-0.2, 0) is 6.54 Å². The third kappa shape index (κ3) is 2.51. The molecular weight excluding hydrogens is 255 g/mol. The average molecular weight is 267 g/mol. The average Bonchev–Trinajstić information content (AvgIpc) is 3.12. The summed E-state index contributed by atoms with van der Waals surface area (Å²) in [5.74, 6) is -3.07. The summed E-state index contributed by atoms with van der Waals surface area (Å²) in [4.78, 5) is 0. The van der Waals surface area contributed by atoms with Crippen molar-refractivity contribution in [2.75, 3.05) is 0 Å². The van der Waals surface area contributed by atoms with Crippen LogP contribution in [-0.4, -0.2) is 6.04 Å². The number of rotatable bonds is 4. The highest BCUT2D eigenvalue weighted by Gasteiger charge is 2.21.